The van der Waals surface area contributed by atoms with Crippen molar-refractivity contribution in [1.82, 2.24) is 14.7 Å². The van der Waals surface area contributed by atoms with Crippen LogP contribution in [-0.2, 0) is 17.9 Å². The number of fused-ring (bicyclic) bond motifs is 1. The van der Waals surface area contributed by atoms with Gasteiger partial charge in [0.1, 0.15) is 0 Å². The number of nitrogens with two attached hydrogens (primary N) is 1. The van der Waals surface area contributed by atoms with Crippen molar-refractivity contribution in [3.8, 4) is 0 Å². The molecule has 0 saturated carbocycles. The Morgan fingerprint density at radius 1 is 1.43 bits per heavy atom. The number of hydrogen-bond donors (Lipinski definition) is 1. The Bertz CT molecular complexity index is 685. The van der Waals surface area contributed by atoms with Crippen molar-refractivity contribution in [2.24, 2.45) is 5.73 Å². The topological polar surface area (TPSA) is 64.2 Å². The van der Waals surface area contributed by atoms with Crippen LogP contribution in [0.2, 0.25) is 5.02 Å². The highest BCUT2D eigenvalue weighted by molar-refractivity contribution is 6.30. The van der Waals surface area contributed by atoms with Crippen LogP contribution >= 0.6 is 11.6 Å². The lowest BCUT2D eigenvalue weighted by molar-refractivity contribution is -0.134. The number of nitrogens with zero attached hydrogens (tertiary/aromatic N) is 3. The van der Waals surface area contributed by atoms with Crippen LogP contribution in [0, 0.1) is 0 Å². The molecule has 0 radical (unpaired) electrons. The molecule has 122 valence electrons. The van der Waals surface area contributed by atoms with Gasteiger partial charge in [0.25, 0.3) is 0 Å². The van der Waals surface area contributed by atoms with E-state index >= 15 is 0 Å². The van der Waals surface area contributed by atoms with E-state index in [4.69, 9.17) is 17.3 Å². The summed E-state index contributed by atoms with van der Waals surface area (Å²) in [6.07, 6.45) is 3.60. The molecule has 0 aliphatic carbocycles. The highest BCUT2D eigenvalue weighted by Gasteiger charge is 2.30. The number of rotatable bonds is 5. The van der Waals surface area contributed by atoms with E-state index < -0.39 is 0 Å². The van der Waals surface area contributed by atoms with E-state index in [-0.39, 0.29) is 11.8 Å². The van der Waals surface area contributed by atoms with Crippen molar-refractivity contribution in [3.05, 3.63) is 52.8 Å². The minimum atomic E-state index is -0.128. The van der Waals surface area contributed by atoms with Gasteiger partial charge in [-0.2, -0.15) is 5.10 Å². The van der Waals surface area contributed by atoms with Crippen LogP contribution in [0.25, 0.3) is 0 Å². The zero-order valence-corrected chi connectivity index (χ0v) is 13.7. The fourth-order valence-electron chi connectivity index (χ4n) is 3.17. The van der Waals surface area contributed by atoms with Gasteiger partial charge in [-0.15, -0.1) is 0 Å². The monoisotopic (exact) mass is 332 g/mol. The van der Waals surface area contributed by atoms with Crippen molar-refractivity contribution < 1.29 is 4.79 Å². The Morgan fingerprint density at radius 2 is 2.30 bits per heavy atom. The smallest absolute Gasteiger partial charge is 0.232 e. The summed E-state index contributed by atoms with van der Waals surface area (Å²) in [6, 6.07) is 9.55. The standard InChI is InChI=1S/C17H21ClN4O/c18-14-4-1-3-13(11-14)12-21(10-7-19)17(23)15-5-2-9-22-16(15)6-8-20-22/h1,3-4,6,8,11,15H,2,5,7,9-10,12,19H2. The Hall–Kier alpha value is -1.85. The lowest BCUT2D eigenvalue weighted by atomic mass is 9.94. The van der Waals surface area contributed by atoms with E-state index in [0.29, 0.717) is 24.7 Å². The Labute approximate surface area is 141 Å². The second kappa shape index (κ2) is 7.15. The summed E-state index contributed by atoms with van der Waals surface area (Å²) in [6.45, 7) is 2.40. The molecule has 23 heavy (non-hydrogen) atoms. The molecular formula is C17H21ClN4O. The Kier molecular flexibility index (Phi) is 4.98. The maximum atomic E-state index is 13.0. The van der Waals surface area contributed by atoms with E-state index in [0.717, 1.165) is 30.6 Å². The number of halogens is 1. The van der Waals surface area contributed by atoms with Gasteiger partial charge >= 0.3 is 0 Å². The molecule has 6 heteroatoms. The van der Waals surface area contributed by atoms with Gasteiger partial charge in [0.15, 0.2) is 0 Å². The van der Waals surface area contributed by atoms with Crippen LogP contribution in [0.1, 0.15) is 30.0 Å². The molecule has 1 unspecified atom stereocenters. The Balaban J connectivity index is 1.80. The van der Waals surface area contributed by atoms with Crippen LogP contribution in [0.4, 0.5) is 0 Å². The van der Waals surface area contributed by atoms with Crippen LogP contribution in [0.3, 0.4) is 0 Å². The lowest BCUT2D eigenvalue weighted by Gasteiger charge is -2.30. The number of carbonyl (C=O) groups is 1. The second-order valence-electron chi connectivity index (χ2n) is 5.85. The molecule has 5 nitrogen and oxygen atoms in total. The number of amides is 1. The van der Waals surface area contributed by atoms with Gasteiger partial charge in [0.2, 0.25) is 5.91 Å². The van der Waals surface area contributed by atoms with Crippen LogP contribution in [0.5, 0.6) is 0 Å². The molecule has 2 heterocycles. The summed E-state index contributed by atoms with van der Waals surface area (Å²) >= 11 is 6.05. The van der Waals surface area contributed by atoms with E-state index in [2.05, 4.69) is 5.10 Å². The van der Waals surface area contributed by atoms with E-state index in [1.807, 2.05) is 39.9 Å². The molecule has 1 aromatic heterocycles. The molecule has 3 rings (SSSR count). The number of aryl methyl sites for hydroxylation is 1. The first-order chi connectivity index (χ1) is 11.2. The molecule has 0 bridgehead atoms. The first-order valence-electron chi connectivity index (χ1n) is 7.94. The van der Waals surface area contributed by atoms with Gasteiger partial charge in [0.05, 0.1) is 11.6 Å². The predicted molar refractivity (Wildman–Crippen MR) is 90.1 cm³/mol. The van der Waals surface area contributed by atoms with E-state index in [1.54, 1.807) is 6.20 Å². The predicted octanol–water partition coefficient (Wildman–Crippen LogP) is 2.40. The van der Waals surface area contributed by atoms with Gasteiger partial charge in [-0.05, 0) is 36.6 Å². The second-order valence-corrected chi connectivity index (χ2v) is 6.29. The molecular weight excluding hydrogens is 312 g/mol. The van der Waals surface area contributed by atoms with Crippen molar-refractivity contribution >= 4 is 17.5 Å². The average molecular weight is 333 g/mol. The molecule has 1 amide bonds. The molecule has 0 fully saturated rings. The van der Waals surface area contributed by atoms with Gasteiger partial charge in [-0.3, -0.25) is 9.48 Å². The zero-order chi connectivity index (χ0) is 16.2. The number of benzene rings is 1. The zero-order valence-electron chi connectivity index (χ0n) is 13.0. The number of carbonyl (C=O) groups excluding carboxylic acids is 1. The molecule has 1 atom stereocenters. The average Bonchev–Trinajstić information content (AvgIpc) is 3.02. The van der Waals surface area contributed by atoms with Crippen molar-refractivity contribution in [2.75, 3.05) is 13.1 Å². The van der Waals surface area contributed by atoms with Gasteiger partial charge in [-0.1, -0.05) is 23.7 Å². The van der Waals surface area contributed by atoms with E-state index in [9.17, 15) is 4.79 Å². The molecule has 1 aliphatic heterocycles. The summed E-state index contributed by atoms with van der Waals surface area (Å²) in [5.41, 5.74) is 7.74. The SMILES string of the molecule is NCCN(Cc1cccc(Cl)c1)C(=O)C1CCCn2nccc21. The number of aromatic nitrogens is 2. The normalized spacial score (nSPS) is 16.9. The highest BCUT2D eigenvalue weighted by atomic mass is 35.5. The maximum Gasteiger partial charge on any atom is 0.232 e. The fourth-order valence-corrected chi connectivity index (χ4v) is 3.38. The van der Waals surface area contributed by atoms with Gasteiger partial charge in [0, 0.05) is 37.4 Å². The van der Waals surface area contributed by atoms with E-state index in [1.165, 1.54) is 0 Å². The fraction of sp³-hybridized carbons (Fsp3) is 0.412. The van der Waals surface area contributed by atoms with Crippen LogP contribution in [0.15, 0.2) is 36.5 Å². The first-order valence-corrected chi connectivity index (χ1v) is 8.32. The summed E-state index contributed by atoms with van der Waals surface area (Å²) in [4.78, 5) is 14.9. The molecule has 2 aromatic rings. The third-order valence-electron chi connectivity index (χ3n) is 4.24. The lowest BCUT2D eigenvalue weighted by Crippen LogP contribution is -2.39. The third kappa shape index (κ3) is 3.57. The largest absolute Gasteiger partial charge is 0.337 e. The van der Waals surface area contributed by atoms with Gasteiger partial charge in [-0.25, -0.2) is 0 Å². The minimum Gasteiger partial charge on any atom is -0.337 e. The molecule has 2 N–H and O–H groups in total. The maximum absolute atomic E-state index is 13.0. The summed E-state index contributed by atoms with van der Waals surface area (Å²) in [7, 11) is 0. The molecule has 1 aliphatic rings. The number of hydrogen-bond acceptors (Lipinski definition) is 3. The van der Waals surface area contributed by atoms with Gasteiger partial charge < -0.3 is 10.6 Å². The van der Waals surface area contributed by atoms with Crippen LogP contribution < -0.4 is 5.73 Å². The van der Waals surface area contributed by atoms with Crippen molar-refractivity contribution in [1.29, 1.82) is 0 Å². The molecule has 0 saturated heterocycles. The molecule has 1 aromatic carbocycles. The minimum absolute atomic E-state index is 0.122. The van der Waals surface area contributed by atoms with Crippen molar-refractivity contribution in [3.63, 3.8) is 0 Å². The Morgan fingerprint density at radius 3 is 3.09 bits per heavy atom. The molecule has 0 spiro atoms. The van der Waals surface area contributed by atoms with Crippen molar-refractivity contribution in [2.45, 2.75) is 31.8 Å². The summed E-state index contributed by atoms with van der Waals surface area (Å²) in [5.74, 6) is -0.00569. The first kappa shape index (κ1) is 16.0. The summed E-state index contributed by atoms with van der Waals surface area (Å²) in [5, 5.41) is 4.97. The van der Waals surface area contributed by atoms with Crippen LogP contribution in [-0.4, -0.2) is 33.7 Å². The third-order valence-corrected chi connectivity index (χ3v) is 4.48. The summed E-state index contributed by atoms with van der Waals surface area (Å²) < 4.78 is 1.94. The highest BCUT2D eigenvalue weighted by Crippen LogP contribution is 2.29. The quantitative estimate of drug-likeness (QED) is 0.914.